The Morgan fingerprint density at radius 2 is 1.75 bits per heavy atom. The second kappa shape index (κ2) is 6.82. The maximum absolute atomic E-state index is 14.5. The van der Waals surface area contributed by atoms with Crippen molar-refractivity contribution in [2.75, 3.05) is 4.90 Å². The minimum atomic E-state index is -0.844. The highest BCUT2D eigenvalue weighted by molar-refractivity contribution is 6.10. The molecule has 1 aliphatic rings. The van der Waals surface area contributed by atoms with Crippen LogP contribution >= 0.6 is 0 Å². The molecule has 2 aromatic carbocycles. The molecule has 4 rings (SSSR count). The largest absolute Gasteiger partial charge is 0.292 e. The quantitative estimate of drug-likeness (QED) is 0.703. The van der Waals surface area contributed by atoms with Crippen LogP contribution < -0.4 is 4.90 Å². The molecule has 4 nitrogen and oxygen atoms in total. The summed E-state index contributed by atoms with van der Waals surface area (Å²) in [6.07, 6.45) is 0.622. The molecule has 28 heavy (non-hydrogen) atoms. The van der Waals surface area contributed by atoms with Crippen LogP contribution in [0, 0.1) is 23.4 Å². The number of benzene rings is 2. The SMILES string of the molecule is CC(C)Cc1n[nH]c2c1C(c1ccc(F)cc1)N(c1ccc(F)cc1F)C2=O. The molecule has 7 heteroatoms. The molecule has 1 amide bonds. The number of nitrogens with zero attached hydrogens (tertiary/aromatic N) is 2. The number of carbonyl (C=O) groups is 1. The fourth-order valence-electron chi connectivity index (χ4n) is 3.64. The fraction of sp³-hybridized carbons (Fsp3) is 0.238. The van der Waals surface area contributed by atoms with E-state index in [0.29, 0.717) is 23.2 Å². The molecule has 0 saturated heterocycles. The van der Waals surface area contributed by atoms with Gasteiger partial charge in [0.2, 0.25) is 0 Å². The number of halogens is 3. The molecule has 0 aliphatic carbocycles. The van der Waals surface area contributed by atoms with Crippen molar-refractivity contribution in [1.29, 1.82) is 0 Å². The van der Waals surface area contributed by atoms with E-state index in [2.05, 4.69) is 10.2 Å². The van der Waals surface area contributed by atoms with Crippen LogP contribution in [0.15, 0.2) is 42.5 Å². The fourth-order valence-corrected chi connectivity index (χ4v) is 3.64. The molecule has 0 bridgehead atoms. The number of rotatable bonds is 4. The van der Waals surface area contributed by atoms with Crippen LogP contribution in [0.4, 0.5) is 18.9 Å². The first-order valence-electron chi connectivity index (χ1n) is 8.98. The Morgan fingerprint density at radius 3 is 2.39 bits per heavy atom. The maximum Gasteiger partial charge on any atom is 0.277 e. The monoisotopic (exact) mass is 385 g/mol. The first-order chi connectivity index (χ1) is 13.4. The molecule has 3 aromatic rings. The summed E-state index contributed by atoms with van der Waals surface area (Å²) in [5.41, 5.74) is 2.20. The van der Waals surface area contributed by atoms with Gasteiger partial charge in [0.15, 0.2) is 0 Å². The second-order valence-corrected chi connectivity index (χ2v) is 7.28. The summed E-state index contributed by atoms with van der Waals surface area (Å²) in [7, 11) is 0. The van der Waals surface area contributed by atoms with Crippen molar-refractivity contribution in [3.05, 3.63) is 82.4 Å². The summed E-state index contributed by atoms with van der Waals surface area (Å²) in [6, 6.07) is 8.10. The summed E-state index contributed by atoms with van der Waals surface area (Å²) < 4.78 is 41.4. The molecule has 1 aliphatic heterocycles. The van der Waals surface area contributed by atoms with Gasteiger partial charge in [0.25, 0.3) is 5.91 Å². The number of aromatic nitrogens is 2. The Kier molecular flexibility index (Phi) is 4.45. The van der Waals surface area contributed by atoms with Gasteiger partial charge in [0.1, 0.15) is 23.1 Å². The van der Waals surface area contributed by atoms with Gasteiger partial charge in [-0.2, -0.15) is 5.10 Å². The normalized spacial score (nSPS) is 16.1. The van der Waals surface area contributed by atoms with E-state index in [1.807, 2.05) is 13.8 Å². The Bertz CT molecular complexity index is 1040. The van der Waals surface area contributed by atoms with Crippen LogP contribution in [0.3, 0.4) is 0 Å². The zero-order chi connectivity index (χ0) is 20.0. The molecular weight excluding hydrogens is 367 g/mol. The van der Waals surface area contributed by atoms with Gasteiger partial charge >= 0.3 is 0 Å². The molecule has 0 radical (unpaired) electrons. The van der Waals surface area contributed by atoms with Crippen molar-refractivity contribution in [1.82, 2.24) is 10.2 Å². The van der Waals surface area contributed by atoms with E-state index in [-0.39, 0.29) is 17.3 Å². The zero-order valence-corrected chi connectivity index (χ0v) is 15.3. The van der Waals surface area contributed by atoms with E-state index in [9.17, 15) is 18.0 Å². The minimum absolute atomic E-state index is 0.0409. The van der Waals surface area contributed by atoms with E-state index in [1.165, 1.54) is 23.1 Å². The highest BCUT2D eigenvalue weighted by atomic mass is 19.1. The molecule has 0 fully saturated rings. The summed E-state index contributed by atoms with van der Waals surface area (Å²) >= 11 is 0. The van der Waals surface area contributed by atoms with Crippen LogP contribution in [0.5, 0.6) is 0 Å². The van der Waals surface area contributed by atoms with Crippen LogP contribution in [-0.2, 0) is 6.42 Å². The Balaban J connectivity index is 1.91. The van der Waals surface area contributed by atoms with E-state index >= 15 is 0 Å². The van der Waals surface area contributed by atoms with Gasteiger partial charge in [-0.1, -0.05) is 26.0 Å². The molecule has 1 atom stereocenters. The lowest BCUT2D eigenvalue weighted by atomic mass is 9.95. The van der Waals surface area contributed by atoms with Crippen molar-refractivity contribution < 1.29 is 18.0 Å². The molecule has 1 unspecified atom stereocenters. The average molecular weight is 385 g/mol. The lowest BCUT2D eigenvalue weighted by Gasteiger charge is -2.27. The topological polar surface area (TPSA) is 49.0 Å². The van der Waals surface area contributed by atoms with Crippen LogP contribution in [0.25, 0.3) is 0 Å². The van der Waals surface area contributed by atoms with Crippen molar-refractivity contribution in [3.8, 4) is 0 Å². The number of H-pyrrole nitrogens is 1. The van der Waals surface area contributed by atoms with Crippen LogP contribution in [0.1, 0.15) is 47.2 Å². The Labute approximate surface area is 160 Å². The number of amides is 1. The lowest BCUT2D eigenvalue weighted by Crippen LogP contribution is -2.30. The number of carbonyl (C=O) groups excluding carboxylic acids is 1. The van der Waals surface area contributed by atoms with E-state index in [1.54, 1.807) is 12.1 Å². The predicted octanol–water partition coefficient (Wildman–Crippen LogP) is 4.78. The van der Waals surface area contributed by atoms with Gasteiger partial charge < -0.3 is 0 Å². The summed E-state index contributed by atoms with van der Waals surface area (Å²) in [5.74, 6) is -2.16. The molecular formula is C21H18F3N3O. The minimum Gasteiger partial charge on any atom is -0.292 e. The number of nitrogens with one attached hydrogen (secondary N) is 1. The number of fused-ring (bicyclic) bond motifs is 1. The highest BCUT2D eigenvalue weighted by Crippen LogP contribution is 2.43. The number of anilines is 1. The summed E-state index contributed by atoms with van der Waals surface area (Å²) in [6.45, 7) is 4.06. The van der Waals surface area contributed by atoms with E-state index in [0.717, 1.165) is 12.1 Å². The third kappa shape index (κ3) is 2.96. The molecule has 0 saturated carbocycles. The lowest BCUT2D eigenvalue weighted by molar-refractivity contribution is 0.0988. The first-order valence-corrected chi connectivity index (χ1v) is 8.98. The Hall–Kier alpha value is -3.09. The summed E-state index contributed by atoms with van der Waals surface area (Å²) in [4.78, 5) is 14.4. The van der Waals surface area contributed by atoms with Crippen LogP contribution in [0.2, 0.25) is 0 Å². The zero-order valence-electron chi connectivity index (χ0n) is 15.3. The second-order valence-electron chi connectivity index (χ2n) is 7.28. The Morgan fingerprint density at radius 1 is 1.07 bits per heavy atom. The van der Waals surface area contributed by atoms with Gasteiger partial charge in [-0.25, -0.2) is 13.2 Å². The third-order valence-corrected chi connectivity index (χ3v) is 4.80. The van der Waals surface area contributed by atoms with Gasteiger partial charge in [0.05, 0.1) is 17.4 Å². The highest BCUT2D eigenvalue weighted by Gasteiger charge is 2.43. The molecule has 1 N–H and O–H groups in total. The molecule has 144 valence electrons. The number of hydrogen-bond donors (Lipinski definition) is 1. The van der Waals surface area contributed by atoms with Crippen LogP contribution in [-0.4, -0.2) is 16.1 Å². The first kappa shape index (κ1) is 18.3. The van der Waals surface area contributed by atoms with E-state index < -0.39 is 29.4 Å². The summed E-state index contributed by atoms with van der Waals surface area (Å²) in [5, 5.41) is 7.06. The van der Waals surface area contributed by atoms with Gasteiger partial charge in [0, 0.05) is 11.6 Å². The average Bonchev–Trinajstić information content (AvgIpc) is 3.15. The van der Waals surface area contributed by atoms with Gasteiger partial charge in [-0.3, -0.25) is 14.8 Å². The van der Waals surface area contributed by atoms with Crippen molar-refractivity contribution in [3.63, 3.8) is 0 Å². The van der Waals surface area contributed by atoms with Gasteiger partial charge in [-0.15, -0.1) is 0 Å². The number of aromatic amines is 1. The third-order valence-electron chi connectivity index (χ3n) is 4.80. The molecule has 1 aromatic heterocycles. The predicted molar refractivity (Wildman–Crippen MR) is 98.5 cm³/mol. The van der Waals surface area contributed by atoms with Crippen molar-refractivity contribution in [2.24, 2.45) is 5.92 Å². The van der Waals surface area contributed by atoms with Crippen molar-refractivity contribution in [2.45, 2.75) is 26.3 Å². The standard InChI is InChI=1S/C21H18F3N3O/c1-11(2)9-16-18-19(26-25-16)21(28)27(17-8-7-14(23)10-15(17)24)20(18)12-3-5-13(22)6-4-12/h3-8,10-11,20H,9H2,1-2H3,(H,25,26). The molecule has 2 heterocycles. The van der Waals surface area contributed by atoms with E-state index in [4.69, 9.17) is 0 Å². The van der Waals surface area contributed by atoms with Gasteiger partial charge in [-0.05, 0) is 42.2 Å². The molecule has 0 spiro atoms. The maximum atomic E-state index is 14.5. The number of hydrogen-bond acceptors (Lipinski definition) is 2. The van der Waals surface area contributed by atoms with Crippen molar-refractivity contribution >= 4 is 11.6 Å². The smallest absolute Gasteiger partial charge is 0.277 e.